The van der Waals surface area contributed by atoms with Gasteiger partial charge in [-0.25, -0.2) is 0 Å². The summed E-state index contributed by atoms with van der Waals surface area (Å²) in [5.41, 5.74) is 0. The molecular weight excluding hydrogens is 258 g/mol. The van der Waals surface area contributed by atoms with Gasteiger partial charge in [0.1, 0.15) is 0 Å². The number of carbonyl (C=O) groups is 1. The van der Waals surface area contributed by atoms with Gasteiger partial charge in [0, 0.05) is 28.8 Å². The van der Waals surface area contributed by atoms with E-state index in [1.807, 2.05) is 13.8 Å². The summed E-state index contributed by atoms with van der Waals surface area (Å²) in [7, 11) is 0. The molecule has 108 valence electrons. The number of hydrogen-bond donors (Lipinski definition) is 1. The number of aliphatic hydroxyl groups is 1. The molecule has 0 fully saturated rings. The molecule has 0 aromatic carbocycles. The summed E-state index contributed by atoms with van der Waals surface area (Å²) in [6, 6.07) is 4.40. The molecule has 0 aliphatic heterocycles. The third kappa shape index (κ3) is 5.74. The maximum Gasteiger partial charge on any atom is 0.222 e. The van der Waals surface area contributed by atoms with Gasteiger partial charge in [-0.3, -0.25) is 4.79 Å². The average molecular weight is 283 g/mol. The molecule has 1 aromatic heterocycles. The van der Waals surface area contributed by atoms with E-state index in [1.54, 1.807) is 23.2 Å². The first-order valence-electron chi connectivity index (χ1n) is 6.93. The first kappa shape index (κ1) is 16.2. The lowest BCUT2D eigenvalue weighted by Gasteiger charge is -2.28. The van der Waals surface area contributed by atoms with Crippen molar-refractivity contribution in [2.45, 2.75) is 59.1 Å². The Morgan fingerprint density at radius 2 is 2.05 bits per heavy atom. The predicted octanol–water partition coefficient (Wildman–Crippen LogP) is 3.00. The lowest BCUT2D eigenvalue weighted by atomic mass is 10.1. The Kier molecular flexibility index (Phi) is 6.52. The molecular formula is C15H25NO2S. The molecule has 4 heteroatoms. The zero-order valence-corrected chi connectivity index (χ0v) is 13.2. The molecule has 0 aliphatic carbocycles. The standard InChI is InChI=1S/C15H25NO2S/c1-11(2)16(10-12(3)17)15(18)7-5-6-14-9-8-13(4)19-14/h8-9,11-12,17H,5-7,10H2,1-4H3. The number of nitrogens with zero attached hydrogens (tertiary/aromatic N) is 1. The van der Waals surface area contributed by atoms with E-state index in [9.17, 15) is 9.90 Å². The van der Waals surface area contributed by atoms with Crippen LogP contribution in [0.2, 0.25) is 0 Å². The van der Waals surface area contributed by atoms with Gasteiger partial charge in [0.2, 0.25) is 5.91 Å². The van der Waals surface area contributed by atoms with Crippen LogP contribution in [-0.2, 0) is 11.2 Å². The van der Waals surface area contributed by atoms with Crippen molar-refractivity contribution >= 4 is 17.2 Å². The number of hydrogen-bond acceptors (Lipinski definition) is 3. The van der Waals surface area contributed by atoms with Crippen LogP contribution in [0, 0.1) is 6.92 Å². The van der Waals surface area contributed by atoms with Gasteiger partial charge < -0.3 is 10.0 Å². The lowest BCUT2D eigenvalue weighted by molar-refractivity contribution is -0.134. The van der Waals surface area contributed by atoms with Crippen molar-refractivity contribution in [2.24, 2.45) is 0 Å². The van der Waals surface area contributed by atoms with Crippen molar-refractivity contribution in [3.05, 3.63) is 21.9 Å². The van der Waals surface area contributed by atoms with Crippen molar-refractivity contribution in [1.82, 2.24) is 4.90 Å². The number of aliphatic hydroxyl groups excluding tert-OH is 1. The number of rotatable bonds is 7. The summed E-state index contributed by atoms with van der Waals surface area (Å²) in [4.78, 5) is 16.6. The van der Waals surface area contributed by atoms with Crippen LogP contribution in [-0.4, -0.2) is 34.6 Å². The fourth-order valence-electron chi connectivity index (χ4n) is 2.06. The second-order valence-corrected chi connectivity index (χ2v) is 6.73. The van der Waals surface area contributed by atoms with Crippen LogP contribution in [0.4, 0.5) is 0 Å². The Labute approximate surface area is 120 Å². The molecule has 0 saturated carbocycles. The first-order valence-corrected chi connectivity index (χ1v) is 7.74. The Morgan fingerprint density at radius 3 is 2.53 bits per heavy atom. The highest BCUT2D eigenvalue weighted by atomic mass is 32.1. The Bertz CT molecular complexity index is 399. The van der Waals surface area contributed by atoms with Gasteiger partial charge in [-0.05, 0) is 52.7 Å². The minimum Gasteiger partial charge on any atom is -0.392 e. The zero-order chi connectivity index (χ0) is 14.4. The molecule has 3 nitrogen and oxygen atoms in total. The quantitative estimate of drug-likeness (QED) is 0.835. The molecule has 0 spiro atoms. The topological polar surface area (TPSA) is 40.5 Å². The van der Waals surface area contributed by atoms with E-state index in [0.717, 1.165) is 12.8 Å². The molecule has 0 aliphatic rings. The molecule has 1 unspecified atom stereocenters. The maximum absolute atomic E-state index is 12.1. The normalized spacial score (nSPS) is 12.7. The highest BCUT2D eigenvalue weighted by molar-refractivity contribution is 7.11. The zero-order valence-electron chi connectivity index (χ0n) is 12.3. The van der Waals surface area contributed by atoms with Gasteiger partial charge in [0.25, 0.3) is 0 Å². The molecule has 19 heavy (non-hydrogen) atoms. The smallest absolute Gasteiger partial charge is 0.222 e. The van der Waals surface area contributed by atoms with Crippen LogP contribution in [0.15, 0.2) is 12.1 Å². The molecule has 0 saturated heterocycles. The maximum atomic E-state index is 12.1. The number of amides is 1. The summed E-state index contributed by atoms with van der Waals surface area (Å²) >= 11 is 1.80. The Hall–Kier alpha value is -0.870. The average Bonchev–Trinajstić information content (AvgIpc) is 2.71. The third-order valence-corrected chi connectivity index (χ3v) is 4.07. The second-order valence-electron chi connectivity index (χ2n) is 5.35. The van der Waals surface area contributed by atoms with E-state index < -0.39 is 6.10 Å². The van der Waals surface area contributed by atoms with Crippen molar-refractivity contribution in [1.29, 1.82) is 0 Å². The highest BCUT2D eigenvalue weighted by Crippen LogP contribution is 2.17. The van der Waals surface area contributed by atoms with E-state index >= 15 is 0 Å². The second kappa shape index (κ2) is 7.65. The summed E-state index contributed by atoms with van der Waals surface area (Å²) < 4.78 is 0. The number of carbonyl (C=O) groups excluding carboxylic acids is 1. The van der Waals surface area contributed by atoms with Crippen LogP contribution in [0.25, 0.3) is 0 Å². The van der Waals surface area contributed by atoms with Gasteiger partial charge in [-0.1, -0.05) is 0 Å². The van der Waals surface area contributed by atoms with Crippen molar-refractivity contribution in [2.75, 3.05) is 6.54 Å². The van der Waals surface area contributed by atoms with E-state index in [-0.39, 0.29) is 11.9 Å². The van der Waals surface area contributed by atoms with Crippen LogP contribution in [0.3, 0.4) is 0 Å². The summed E-state index contributed by atoms with van der Waals surface area (Å²) in [5.74, 6) is 0.143. The molecule has 0 bridgehead atoms. The Morgan fingerprint density at radius 1 is 1.37 bits per heavy atom. The summed E-state index contributed by atoms with van der Waals surface area (Å²) in [6.45, 7) is 8.22. The van der Waals surface area contributed by atoms with Gasteiger partial charge in [0.05, 0.1) is 6.10 Å². The minimum atomic E-state index is -0.466. The molecule has 1 atom stereocenters. The van der Waals surface area contributed by atoms with Gasteiger partial charge in [-0.15, -0.1) is 11.3 Å². The molecule has 1 rings (SSSR count). The van der Waals surface area contributed by atoms with E-state index in [0.29, 0.717) is 13.0 Å². The first-order chi connectivity index (χ1) is 8.90. The van der Waals surface area contributed by atoms with Gasteiger partial charge in [-0.2, -0.15) is 0 Å². The molecule has 1 heterocycles. The number of thiophene rings is 1. The minimum absolute atomic E-state index is 0.143. The Balaban J connectivity index is 2.39. The molecule has 1 N–H and O–H groups in total. The highest BCUT2D eigenvalue weighted by Gasteiger charge is 2.18. The van der Waals surface area contributed by atoms with Crippen molar-refractivity contribution in [3.8, 4) is 0 Å². The van der Waals surface area contributed by atoms with Crippen LogP contribution in [0.5, 0.6) is 0 Å². The summed E-state index contributed by atoms with van der Waals surface area (Å²) in [5, 5.41) is 9.43. The monoisotopic (exact) mass is 283 g/mol. The van der Waals surface area contributed by atoms with Crippen molar-refractivity contribution < 1.29 is 9.90 Å². The third-order valence-electron chi connectivity index (χ3n) is 3.01. The molecule has 0 radical (unpaired) electrons. The van der Waals surface area contributed by atoms with Gasteiger partial charge >= 0.3 is 0 Å². The van der Waals surface area contributed by atoms with Crippen LogP contribution < -0.4 is 0 Å². The summed E-state index contributed by atoms with van der Waals surface area (Å²) in [6.07, 6.45) is 1.93. The lowest BCUT2D eigenvalue weighted by Crippen LogP contribution is -2.41. The van der Waals surface area contributed by atoms with Crippen LogP contribution >= 0.6 is 11.3 Å². The molecule has 1 aromatic rings. The van der Waals surface area contributed by atoms with Crippen LogP contribution in [0.1, 0.15) is 43.4 Å². The van der Waals surface area contributed by atoms with Crippen molar-refractivity contribution in [3.63, 3.8) is 0 Å². The fraction of sp³-hybridized carbons (Fsp3) is 0.667. The van der Waals surface area contributed by atoms with E-state index in [1.165, 1.54) is 9.75 Å². The SMILES string of the molecule is Cc1ccc(CCCC(=O)N(CC(C)O)C(C)C)s1. The van der Waals surface area contributed by atoms with E-state index in [2.05, 4.69) is 19.1 Å². The largest absolute Gasteiger partial charge is 0.392 e. The fourth-order valence-corrected chi connectivity index (χ4v) is 2.99. The van der Waals surface area contributed by atoms with E-state index in [4.69, 9.17) is 0 Å². The predicted molar refractivity (Wildman–Crippen MR) is 80.5 cm³/mol. The number of aryl methyl sites for hydroxylation is 2. The molecule has 1 amide bonds. The van der Waals surface area contributed by atoms with Gasteiger partial charge in [0.15, 0.2) is 0 Å².